The Labute approximate surface area is 211 Å². The number of rotatable bonds is 5. The lowest BCUT2D eigenvalue weighted by Crippen LogP contribution is -2.36. The molecule has 0 atom stereocenters. The number of nitrogens with zero attached hydrogens (tertiary/aromatic N) is 1. The number of fused-ring (bicyclic) bond motifs is 1. The summed E-state index contributed by atoms with van der Waals surface area (Å²) in [5, 5.41) is 6.02. The second-order valence-corrected chi connectivity index (χ2v) is 8.98. The number of hydrogen-bond acceptors (Lipinski definition) is 4. The average molecular weight is 586 g/mol. The van der Waals surface area contributed by atoms with Gasteiger partial charge < -0.3 is 15.4 Å². The van der Waals surface area contributed by atoms with E-state index >= 15 is 0 Å². The third-order valence-corrected chi connectivity index (χ3v) is 5.89. The number of halogens is 2. The molecule has 0 aliphatic carbocycles. The first-order chi connectivity index (χ1) is 16.3. The van der Waals surface area contributed by atoms with Gasteiger partial charge >= 0.3 is 11.8 Å². The maximum atomic E-state index is 13.1. The molecule has 4 aromatic rings. The van der Waals surface area contributed by atoms with E-state index in [2.05, 4.69) is 47.9 Å². The Morgan fingerprint density at radius 3 is 2.06 bits per heavy atom. The summed E-state index contributed by atoms with van der Waals surface area (Å²) in [6, 6.07) is 20.6. The lowest BCUT2D eigenvalue weighted by atomic mass is 10.2. The van der Waals surface area contributed by atoms with Gasteiger partial charge in [-0.15, -0.1) is 0 Å². The standard InChI is InChI=1S/C24H18Br2N4O4/c1-34-19-9-7-18(8-10-19)28-23(32)24(33)29-30-20-11-4-16(26)12-14(20)13-21(30)22(31)27-17-5-2-15(25)3-6-17/h2-13H,1H3,(H,27,31)(H,28,32)(H,29,33). The first kappa shape index (κ1) is 23.5. The number of carbonyl (C=O) groups is 3. The highest BCUT2D eigenvalue weighted by Crippen LogP contribution is 2.24. The van der Waals surface area contributed by atoms with Crippen LogP contribution in [0.5, 0.6) is 5.75 Å². The highest BCUT2D eigenvalue weighted by molar-refractivity contribution is 9.10. The Morgan fingerprint density at radius 1 is 0.765 bits per heavy atom. The fraction of sp³-hybridized carbons (Fsp3) is 0.0417. The Kier molecular flexibility index (Phi) is 6.99. The second kappa shape index (κ2) is 10.1. The highest BCUT2D eigenvalue weighted by Gasteiger charge is 2.21. The first-order valence-electron chi connectivity index (χ1n) is 9.98. The van der Waals surface area contributed by atoms with Crippen molar-refractivity contribution in [2.24, 2.45) is 0 Å². The summed E-state index contributed by atoms with van der Waals surface area (Å²) in [7, 11) is 1.53. The minimum atomic E-state index is -0.936. The van der Waals surface area contributed by atoms with Gasteiger partial charge in [0.2, 0.25) is 0 Å². The Morgan fingerprint density at radius 2 is 1.38 bits per heavy atom. The molecule has 0 saturated carbocycles. The Hall–Kier alpha value is -3.63. The minimum absolute atomic E-state index is 0.154. The number of benzene rings is 3. The second-order valence-electron chi connectivity index (χ2n) is 7.15. The van der Waals surface area contributed by atoms with Gasteiger partial charge in [-0.25, -0.2) is 4.68 Å². The minimum Gasteiger partial charge on any atom is -0.497 e. The Bertz CT molecular complexity index is 1380. The number of ether oxygens (including phenoxy) is 1. The number of anilines is 2. The van der Waals surface area contributed by atoms with Crippen LogP contribution in [-0.4, -0.2) is 29.5 Å². The van der Waals surface area contributed by atoms with Crippen LogP contribution in [-0.2, 0) is 9.59 Å². The number of methoxy groups -OCH3 is 1. The van der Waals surface area contributed by atoms with E-state index in [1.54, 1.807) is 66.7 Å². The molecule has 0 bridgehead atoms. The molecule has 3 N–H and O–H groups in total. The van der Waals surface area contributed by atoms with Crippen molar-refractivity contribution in [3.63, 3.8) is 0 Å². The predicted octanol–water partition coefficient (Wildman–Crippen LogP) is 5.14. The molecule has 0 aliphatic rings. The summed E-state index contributed by atoms with van der Waals surface area (Å²) in [5.41, 5.74) is 4.24. The van der Waals surface area contributed by atoms with Crippen molar-refractivity contribution in [2.75, 3.05) is 23.2 Å². The largest absolute Gasteiger partial charge is 0.497 e. The fourth-order valence-electron chi connectivity index (χ4n) is 3.22. The maximum absolute atomic E-state index is 13.1. The molecule has 3 aromatic carbocycles. The van der Waals surface area contributed by atoms with Gasteiger partial charge in [0.25, 0.3) is 5.91 Å². The predicted molar refractivity (Wildman–Crippen MR) is 138 cm³/mol. The monoisotopic (exact) mass is 584 g/mol. The van der Waals surface area contributed by atoms with E-state index in [9.17, 15) is 14.4 Å². The molecule has 1 heterocycles. The van der Waals surface area contributed by atoms with Crippen LogP contribution in [0.15, 0.2) is 81.7 Å². The zero-order valence-corrected chi connectivity index (χ0v) is 20.9. The summed E-state index contributed by atoms with van der Waals surface area (Å²) in [6.45, 7) is 0. The van der Waals surface area contributed by atoms with Crippen LogP contribution in [0.4, 0.5) is 11.4 Å². The van der Waals surface area contributed by atoms with Gasteiger partial charge in [-0.3, -0.25) is 19.8 Å². The number of aromatic nitrogens is 1. The number of amides is 3. The fourth-order valence-corrected chi connectivity index (χ4v) is 3.86. The van der Waals surface area contributed by atoms with Gasteiger partial charge in [0.15, 0.2) is 0 Å². The lowest BCUT2D eigenvalue weighted by molar-refractivity contribution is -0.133. The molecular weight excluding hydrogens is 568 g/mol. The SMILES string of the molecule is COc1ccc(NC(=O)C(=O)Nn2c(C(=O)Nc3ccc(Br)cc3)cc3cc(Br)ccc32)cc1. The van der Waals surface area contributed by atoms with E-state index in [1.807, 2.05) is 6.07 Å². The summed E-state index contributed by atoms with van der Waals surface area (Å²) >= 11 is 6.77. The summed E-state index contributed by atoms with van der Waals surface area (Å²) in [5.74, 6) is -1.66. The van der Waals surface area contributed by atoms with Gasteiger partial charge in [-0.05, 0) is 72.8 Å². The molecule has 8 nitrogen and oxygen atoms in total. The van der Waals surface area contributed by atoms with Crippen molar-refractivity contribution >= 4 is 71.9 Å². The molecule has 0 spiro atoms. The zero-order chi connectivity index (χ0) is 24.2. The summed E-state index contributed by atoms with van der Waals surface area (Å²) in [4.78, 5) is 38.3. The molecule has 1 aromatic heterocycles. The average Bonchev–Trinajstić information content (AvgIpc) is 3.18. The quantitative estimate of drug-likeness (QED) is 0.282. The van der Waals surface area contributed by atoms with E-state index < -0.39 is 17.7 Å². The van der Waals surface area contributed by atoms with Gasteiger partial charge in [0, 0.05) is 25.7 Å². The summed E-state index contributed by atoms with van der Waals surface area (Å²) in [6.07, 6.45) is 0. The van der Waals surface area contributed by atoms with E-state index in [0.717, 1.165) is 8.95 Å². The Balaban J connectivity index is 1.59. The van der Waals surface area contributed by atoms with Crippen LogP contribution >= 0.6 is 31.9 Å². The number of carbonyl (C=O) groups excluding carboxylic acids is 3. The number of hydrogen-bond donors (Lipinski definition) is 3. The molecule has 4 rings (SSSR count). The third kappa shape index (κ3) is 5.29. The third-order valence-electron chi connectivity index (χ3n) is 4.87. The maximum Gasteiger partial charge on any atom is 0.328 e. The van der Waals surface area contributed by atoms with Crippen molar-refractivity contribution in [3.8, 4) is 5.75 Å². The smallest absolute Gasteiger partial charge is 0.328 e. The molecule has 10 heteroatoms. The van der Waals surface area contributed by atoms with Crippen LogP contribution in [0, 0.1) is 0 Å². The topological polar surface area (TPSA) is 101 Å². The molecule has 0 aliphatic heterocycles. The van der Waals surface area contributed by atoms with Crippen molar-refractivity contribution in [1.82, 2.24) is 4.68 Å². The van der Waals surface area contributed by atoms with E-state index in [-0.39, 0.29) is 5.69 Å². The van der Waals surface area contributed by atoms with E-state index in [0.29, 0.717) is 28.0 Å². The van der Waals surface area contributed by atoms with Crippen molar-refractivity contribution in [1.29, 1.82) is 0 Å². The van der Waals surface area contributed by atoms with E-state index in [4.69, 9.17) is 4.74 Å². The summed E-state index contributed by atoms with van der Waals surface area (Å²) < 4.78 is 8.06. The van der Waals surface area contributed by atoms with Gasteiger partial charge in [0.05, 0.1) is 12.6 Å². The van der Waals surface area contributed by atoms with Crippen LogP contribution in [0.1, 0.15) is 10.5 Å². The van der Waals surface area contributed by atoms with E-state index in [1.165, 1.54) is 11.8 Å². The van der Waals surface area contributed by atoms with Gasteiger partial charge in [-0.2, -0.15) is 0 Å². The number of nitrogens with one attached hydrogen (secondary N) is 3. The normalized spacial score (nSPS) is 10.6. The van der Waals surface area contributed by atoms with Crippen LogP contribution in [0.25, 0.3) is 10.9 Å². The van der Waals surface area contributed by atoms with Crippen LogP contribution < -0.4 is 20.8 Å². The van der Waals surface area contributed by atoms with Crippen LogP contribution in [0.2, 0.25) is 0 Å². The first-order valence-corrected chi connectivity index (χ1v) is 11.6. The molecule has 0 unspecified atom stereocenters. The van der Waals surface area contributed by atoms with Crippen molar-refractivity contribution in [3.05, 3.63) is 87.4 Å². The van der Waals surface area contributed by atoms with Crippen LogP contribution in [0.3, 0.4) is 0 Å². The van der Waals surface area contributed by atoms with Gasteiger partial charge in [-0.1, -0.05) is 31.9 Å². The molecule has 172 valence electrons. The van der Waals surface area contributed by atoms with Crippen molar-refractivity contribution in [2.45, 2.75) is 0 Å². The molecule has 3 amide bonds. The molecular formula is C24H18Br2N4O4. The van der Waals surface area contributed by atoms with Gasteiger partial charge in [0.1, 0.15) is 11.4 Å². The molecule has 34 heavy (non-hydrogen) atoms. The van der Waals surface area contributed by atoms with Crippen molar-refractivity contribution < 1.29 is 19.1 Å². The highest BCUT2D eigenvalue weighted by atomic mass is 79.9. The lowest BCUT2D eigenvalue weighted by Gasteiger charge is -2.13. The molecule has 0 radical (unpaired) electrons. The molecule has 0 fully saturated rings. The molecule has 0 saturated heterocycles. The zero-order valence-electron chi connectivity index (χ0n) is 17.8.